The first-order valence-corrected chi connectivity index (χ1v) is 10.2. The lowest BCUT2D eigenvalue weighted by molar-refractivity contribution is 0.0472. The van der Waals surface area contributed by atoms with Gasteiger partial charge in [-0.2, -0.15) is 0 Å². The molecule has 0 aromatic heterocycles. The first-order valence-electron chi connectivity index (χ1n) is 9.40. The van der Waals surface area contributed by atoms with Crippen LogP contribution in [0.15, 0.2) is 60.7 Å². The summed E-state index contributed by atoms with van der Waals surface area (Å²) in [7, 11) is 1.30. The highest BCUT2D eigenvalue weighted by Crippen LogP contribution is 2.30. The molecule has 0 unspecified atom stereocenters. The minimum Gasteiger partial charge on any atom is -0.488 e. The average molecular weight is 459 g/mol. The molecule has 0 amide bonds. The summed E-state index contributed by atoms with van der Waals surface area (Å²) in [6.45, 7) is 1.96. The van der Waals surface area contributed by atoms with E-state index in [0.717, 1.165) is 5.56 Å². The van der Waals surface area contributed by atoms with E-state index in [1.54, 1.807) is 37.3 Å². The average Bonchev–Trinajstić information content (AvgIpc) is 2.78. The van der Waals surface area contributed by atoms with Gasteiger partial charge in [-0.25, -0.2) is 9.59 Å². The molecular weight excluding hydrogens is 439 g/mol. The molecule has 5 nitrogen and oxygen atoms in total. The van der Waals surface area contributed by atoms with Gasteiger partial charge in [0.1, 0.15) is 19.0 Å². The molecule has 0 N–H and O–H groups in total. The molecule has 0 aliphatic heterocycles. The molecule has 7 heteroatoms. The van der Waals surface area contributed by atoms with Crippen LogP contribution in [0, 0.1) is 6.92 Å². The van der Waals surface area contributed by atoms with Crippen LogP contribution in [0.3, 0.4) is 0 Å². The molecule has 31 heavy (non-hydrogen) atoms. The molecule has 0 aliphatic carbocycles. The predicted octanol–water partition coefficient (Wildman–Crippen LogP) is 6.02. The summed E-state index contributed by atoms with van der Waals surface area (Å²) in [5, 5.41) is 0.582. The highest BCUT2D eigenvalue weighted by atomic mass is 35.5. The van der Waals surface area contributed by atoms with Crippen LogP contribution in [-0.4, -0.2) is 19.0 Å². The zero-order valence-corrected chi connectivity index (χ0v) is 18.5. The summed E-state index contributed by atoms with van der Waals surface area (Å²) in [5.74, 6) is -0.574. The number of rotatable bonds is 7. The Morgan fingerprint density at radius 3 is 2.29 bits per heavy atom. The standard InChI is InChI=1S/C24H20Cl2O5/c1-15-11-18(24(28)31-13-16-7-4-3-5-8-16)21(26)12-22(15)30-14-19-17(23(27)29-2)9-6-10-20(19)25/h3-12H,13-14H2,1-2H3. The number of carbonyl (C=O) groups is 2. The Labute approximate surface area is 190 Å². The molecule has 0 bridgehead atoms. The van der Waals surface area contributed by atoms with E-state index >= 15 is 0 Å². The first-order chi connectivity index (χ1) is 14.9. The Bertz CT molecular complexity index is 1100. The van der Waals surface area contributed by atoms with Gasteiger partial charge in [0.05, 0.1) is 23.3 Å². The van der Waals surface area contributed by atoms with Crippen molar-refractivity contribution in [3.05, 3.63) is 98.5 Å². The van der Waals surface area contributed by atoms with Crippen LogP contribution in [0.5, 0.6) is 5.75 Å². The molecule has 0 spiro atoms. The molecule has 0 fully saturated rings. The minimum atomic E-state index is -0.525. The second kappa shape index (κ2) is 10.3. The number of carbonyl (C=O) groups excluding carboxylic acids is 2. The van der Waals surface area contributed by atoms with E-state index in [2.05, 4.69) is 0 Å². The van der Waals surface area contributed by atoms with Gasteiger partial charge in [0.15, 0.2) is 0 Å². The normalized spacial score (nSPS) is 10.5. The number of halogens is 2. The Kier molecular flexibility index (Phi) is 7.55. The van der Waals surface area contributed by atoms with Gasteiger partial charge in [-0.05, 0) is 42.3 Å². The van der Waals surface area contributed by atoms with Gasteiger partial charge in [-0.3, -0.25) is 0 Å². The molecule has 0 aliphatic rings. The minimum absolute atomic E-state index is 0.0269. The van der Waals surface area contributed by atoms with Crippen LogP contribution in [0.25, 0.3) is 0 Å². The molecule has 0 saturated heterocycles. The third-order valence-corrected chi connectivity index (χ3v) is 5.26. The van der Waals surface area contributed by atoms with E-state index in [1.165, 1.54) is 7.11 Å². The zero-order chi connectivity index (χ0) is 22.4. The Balaban J connectivity index is 1.74. The highest BCUT2D eigenvalue weighted by molar-refractivity contribution is 6.33. The Morgan fingerprint density at radius 2 is 1.58 bits per heavy atom. The van der Waals surface area contributed by atoms with E-state index < -0.39 is 11.9 Å². The molecule has 0 atom stereocenters. The number of methoxy groups -OCH3 is 1. The van der Waals surface area contributed by atoms with Crippen molar-refractivity contribution >= 4 is 35.1 Å². The number of hydrogen-bond acceptors (Lipinski definition) is 5. The van der Waals surface area contributed by atoms with Gasteiger partial charge >= 0.3 is 11.9 Å². The second-order valence-corrected chi connectivity index (χ2v) is 7.52. The third-order valence-electron chi connectivity index (χ3n) is 4.59. The van der Waals surface area contributed by atoms with E-state index in [9.17, 15) is 9.59 Å². The van der Waals surface area contributed by atoms with E-state index in [4.69, 9.17) is 37.4 Å². The number of hydrogen-bond donors (Lipinski definition) is 0. The molecule has 0 saturated carbocycles. The lowest BCUT2D eigenvalue weighted by atomic mass is 10.1. The van der Waals surface area contributed by atoms with Crippen LogP contribution in [0.1, 0.15) is 37.4 Å². The van der Waals surface area contributed by atoms with Crippen molar-refractivity contribution in [2.45, 2.75) is 20.1 Å². The van der Waals surface area contributed by atoms with E-state index in [1.807, 2.05) is 30.3 Å². The fourth-order valence-electron chi connectivity index (χ4n) is 2.93. The van der Waals surface area contributed by atoms with Crippen LogP contribution in [0.2, 0.25) is 10.0 Å². The largest absolute Gasteiger partial charge is 0.488 e. The number of esters is 2. The summed E-state index contributed by atoms with van der Waals surface area (Å²) in [4.78, 5) is 24.5. The Hall–Kier alpha value is -3.02. The predicted molar refractivity (Wildman–Crippen MR) is 119 cm³/mol. The van der Waals surface area contributed by atoms with Crippen molar-refractivity contribution in [3.63, 3.8) is 0 Å². The van der Waals surface area contributed by atoms with Crippen LogP contribution >= 0.6 is 23.2 Å². The molecule has 160 valence electrons. The maximum atomic E-state index is 12.5. The maximum absolute atomic E-state index is 12.5. The number of ether oxygens (including phenoxy) is 3. The van der Waals surface area contributed by atoms with Crippen molar-refractivity contribution in [2.24, 2.45) is 0 Å². The first kappa shape index (κ1) is 22.7. The van der Waals surface area contributed by atoms with Crippen molar-refractivity contribution in [1.82, 2.24) is 0 Å². The summed E-state index contributed by atoms with van der Waals surface area (Å²) >= 11 is 12.6. The van der Waals surface area contributed by atoms with Gasteiger partial charge in [0.2, 0.25) is 0 Å². The maximum Gasteiger partial charge on any atom is 0.339 e. The monoisotopic (exact) mass is 458 g/mol. The highest BCUT2D eigenvalue weighted by Gasteiger charge is 2.18. The van der Waals surface area contributed by atoms with Crippen molar-refractivity contribution < 1.29 is 23.8 Å². The van der Waals surface area contributed by atoms with E-state index in [-0.39, 0.29) is 23.8 Å². The van der Waals surface area contributed by atoms with Gasteiger partial charge in [0, 0.05) is 10.6 Å². The second-order valence-electron chi connectivity index (χ2n) is 6.71. The lowest BCUT2D eigenvalue weighted by Gasteiger charge is -2.15. The van der Waals surface area contributed by atoms with Crippen molar-refractivity contribution in [3.8, 4) is 5.75 Å². The van der Waals surface area contributed by atoms with Crippen molar-refractivity contribution in [1.29, 1.82) is 0 Å². The quantitative estimate of drug-likeness (QED) is 0.404. The van der Waals surface area contributed by atoms with Gasteiger partial charge in [0.25, 0.3) is 0 Å². The molecule has 0 radical (unpaired) electrons. The van der Waals surface area contributed by atoms with Gasteiger partial charge < -0.3 is 14.2 Å². The molecule has 0 heterocycles. The summed E-state index contributed by atoms with van der Waals surface area (Å²) in [6, 6.07) is 17.5. The fourth-order valence-corrected chi connectivity index (χ4v) is 3.39. The van der Waals surface area contributed by atoms with Crippen LogP contribution in [0.4, 0.5) is 0 Å². The summed E-state index contributed by atoms with van der Waals surface area (Å²) in [6.07, 6.45) is 0. The van der Waals surface area contributed by atoms with Gasteiger partial charge in [-0.15, -0.1) is 0 Å². The van der Waals surface area contributed by atoms with E-state index in [0.29, 0.717) is 27.5 Å². The lowest BCUT2D eigenvalue weighted by Crippen LogP contribution is -2.10. The van der Waals surface area contributed by atoms with Crippen LogP contribution in [-0.2, 0) is 22.7 Å². The number of aryl methyl sites for hydroxylation is 1. The molecule has 3 aromatic carbocycles. The topological polar surface area (TPSA) is 61.8 Å². The zero-order valence-electron chi connectivity index (χ0n) is 17.0. The van der Waals surface area contributed by atoms with Gasteiger partial charge in [-0.1, -0.05) is 59.6 Å². The van der Waals surface area contributed by atoms with Crippen LogP contribution < -0.4 is 4.74 Å². The molecule has 3 aromatic rings. The summed E-state index contributed by atoms with van der Waals surface area (Å²) in [5.41, 5.74) is 2.63. The Morgan fingerprint density at radius 1 is 0.839 bits per heavy atom. The molecular formula is C24H20Cl2O5. The molecule has 3 rings (SSSR count). The van der Waals surface area contributed by atoms with Crippen molar-refractivity contribution in [2.75, 3.05) is 7.11 Å². The fraction of sp³-hybridized carbons (Fsp3) is 0.167. The number of benzene rings is 3. The smallest absolute Gasteiger partial charge is 0.339 e. The third kappa shape index (κ3) is 5.57. The summed E-state index contributed by atoms with van der Waals surface area (Å²) < 4.78 is 16.0. The SMILES string of the molecule is COC(=O)c1cccc(Cl)c1COc1cc(Cl)c(C(=O)OCc2ccccc2)cc1C.